The lowest BCUT2D eigenvalue weighted by atomic mass is 10.1. The molecule has 0 fully saturated rings. The summed E-state index contributed by atoms with van der Waals surface area (Å²) in [6.45, 7) is 4.72. The van der Waals surface area contributed by atoms with Crippen molar-refractivity contribution in [3.8, 4) is 0 Å². The minimum absolute atomic E-state index is 0.0781. The van der Waals surface area contributed by atoms with Crippen molar-refractivity contribution in [2.24, 2.45) is 0 Å². The molecule has 6 heteroatoms. The minimum atomic E-state index is -0.0781. The molecule has 2 heterocycles. The predicted molar refractivity (Wildman–Crippen MR) is 71.9 cm³/mol. The summed E-state index contributed by atoms with van der Waals surface area (Å²) in [7, 11) is 1.79. The van der Waals surface area contributed by atoms with E-state index in [4.69, 9.17) is 0 Å². The number of carbonyl (C=O) groups is 1. The van der Waals surface area contributed by atoms with Crippen LogP contribution < -0.4 is 0 Å². The molecule has 0 spiro atoms. The van der Waals surface area contributed by atoms with Crippen LogP contribution in [0.4, 0.5) is 0 Å². The van der Waals surface area contributed by atoms with Crippen molar-refractivity contribution in [1.29, 1.82) is 0 Å². The quantitative estimate of drug-likeness (QED) is 0.855. The summed E-state index contributed by atoms with van der Waals surface area (Å²) in [6, 6.07) is 0. The number of aryl methyl sites for hydroxylation is 2. The van der Waals surface area contributed by atoms with E-state index in [9.17, 15) is 4.79 Å². The first-order valence-electron chi connectivity index (χ1n) is 6.35. The number of nitrogens with one attached hydrogen (secondary N) is 2. The number of hydrogen-bond acceptors (Lipinski definition) is 3. The minimum Gasteiger partial charge on any atom is -0.341 e. The Labute approximate surface area is 112 Å². The Kier molecular flexibility index (Phi) is 3.99. The molecule has 0 saturated carbocycles. The zero-order chi connectivity index (χ0) is 13.8. The van der Waals surface area contributed by atoms with E-state index >= 15 is 0 Å². The lowest BCUT2D eigenvalue weighted by Crippen LogP contribution is -2.28. The second-order valence-electron chi connectivity index (χ2n) is 4.68. The number of amides is 1. The molecular formula is C13H19N5O. The third kappa shape index (κ3) is 3.01. The Bertz CT molecular complexity index is 524. The number of imidazole rings is 1. The van der Waals surface area contributed by atoms with Gasteiger partial charge in [-0.1, -0.05) is 0 Å². The molecule has 2 aromatic heterocycles. The number of nitrogens with zero attached hydrogens (tertiary/aromatic N) is 3. The Morgan fingerprint density at radius 2 is 2.21 bits per heavy atom. The number of aromatic amines is 2. The number of rotatable bonds is 5. The molecule has 2 aromatic rings. The summed E-state index contributed by atoms with van der Waals surface area (Å²) in [5, 5.41) is 7.14. The molecule has 102 valence electrons. The summed E-state index contributed by atoms with van der Waals surface area (Å²) in [4.78, 5) is 20.4. The zero-order valence-corrected chi connectivity index (χ0v) is 11.5. The molecule has 1 amide bonds. The van der Waals surface area contributed by atoms with Crippen molar-refractivity contribution in [3.63, 3.8) is 0 Å². The van der Waals surface area contributed by atoms with E-state index in [1.807, 2.05) is 13.8 Å². The third-order valence-corrected chi connectivity index (χ3v) is 3.25. The molecule has 0 atom stereocenters. The second kappa shape index (κ2) is 5.69. The van der Waals surface area contributed by atoms with Crippen molar-refractivity contribution < 1.29 is 4.79 Å². The lowest BCUT2D eigenvalue weighted by Gasteiger charge is -2.15. The van der Waals surface area contributed by atoms with Crippen molar-refractivity contribution in [3.05, 3.63) is 35.2 Å². The highest BCUT2D eigenvalue weighted by Crippen LogP contribution is 2.12. The van der Waals surface area contributed by atoms with Crippen molar-refractivity contribution in [1.82, 2.24) is 25.1 Å². The topological polar surface area (TPSA) is 77.7 Å². The molecule has 2 N–H and O–H groups in total. The molecule has 2 rings (SSSR count). The largest absolute Gasteiger partial charge is 0.341 e. The van der Waals surface area contributed by atoms with Crippen LogP contribution >= 0.6 is 0 Å². The van der Waals surface area contributed by atoms with E-state index in [1.54, 1.807) is 24.3 Å². The molecule has 0 saturated heterocycles. The summed E-state index contributed by atoms with van der Waals surface area (Å²) in [6.07, 6.45) is 5.06. The average molecular weight is 261 g/mol. The molecule has 6 nitrogen and oxygen atoms in total. The molecule has 0 unspecified atom stereocenters. The molecule has 19 heavy (non-hydrogen) atoms. The Morgan fingerprint density at radius 1 is 1.42 bits per heavy atom. The fourth-order valence-electron chi connectivity index (χ4n) is 2.10. The van der Waals surface area contributed by atoms with Gasteiger partial charge < -0.3 is 9.88 Å². The van der Waals surface area contributed by atoms with Crippen molar-refractivity contribution in [2.75, 3.05) is 13.6 Å². The second-order valence-corrected chi connectivity index (χ2v) is 4.68. The van der Waals surface area contributed by atoms with Gasteiger partial charge in [0.1, 0.15) is 0 Å². The predicted octanol–water partition coefficient (Wildman–Crippen LogP) is 1.45. The van der Waals surface area contributed by atoms with Crippen molar-refractivity contribution in [2.45, 2.75) is 26.7 Å². The Balaban J connectivity index is 1.84. The molecule has 0 aliphatic carbocycles. The number of aromatic nitrogens is 4. The van der Waals surface area contributed by atoms with Crippen LogP contribution in [0.15, 0.2) is 12.4 Å². The SMILES string of the molecule is Cc1n[nH]c(C)c1CCCN(C)C(=O)c1ncc[nH]1. The van der Waals surface area contributed by atoms with Crippen LogP contribution in [0.25, 0.3) is 0 Å². The molecule has 0 bridgehead atoms. The highest BCUT2D eigenvalue weighted by molar-refractivity contribution is 5.90. The number of hydrogen-bond donors (Lipinski definition) is 2. The Hall–Kier alpha value is -2.11. The van der Waals surface area contributed by atoms with Gasteiger partial charge in [0.05, 0.1) is 5.69 Å². The average Bonchev–Trinajstić information content (AvgIpc) is 3.02. The standard InChI is InChI=1S/C13H19N5O/c1-9-11(10(2)17-16-9)5-4-8-18(3)13(19)12-14-6-7-15-12/h6-7H,4-5,8H2,1-3H3,(H,14,15)(H,16,17). The van der Waals surface area contributed by atoms with Crippen LogP contribution in [-0.4, -0.2) is 44.6 Å². The van der Waals surface area contributed by atoms with Crippen LogP contribution in [-0.2, 0) is 6.42 Å². The highest BCUT2D eigenvalue weighted by atomic mass is 16.2. The van der Waals surface area contributed by atoms with Gasteiger partial charge in [-0.15, -0.1) is 0 Å². The van der Waals surface area contributed by atoms with Gasteiger partial charge in [0.2, 0.25) is 0 Å². The van der Waals surface area contributed by atoms with Crippen LogP contribution in [0.5, 0.6) is 0 Å². The van der Waals surface area contributed by atoms with Gasteiger partial charge in [-0.2, -0.15) is 5.10 Å². The maximum atomic E-state index is 11.9. The van der Waals surface area contributed by atoms with Gasteiger partial charge in [0.15, 0.2) is 5.82 Å². The smallest absolute Gasteiger partial charge is 0.289 e. The van der Waals surface area contributed by atoms with E-state index < -0.39 is 0 Å². The maximum Gasteiger partial charge on any atom is 0.289 e. The summed E-state index contributed by atoms with van der Waals surface area (Å²) >= 11 is 0. The first-order chi connectivity index (χ1) is 9.09. The van der Waals surface area contributed by atoms with Crippen LogP contribution in [0.1, 0.15) is 34.0 Å². The van der Waals surface area contributed by atoms with Gasteiger partial charge in [-0.05, 0) is 32.3 Å². The molecule has 0 aromatic carbocycles. The van der Waals surface area contributed by atoms with Crippen molar-refractivity contribution >= 4 is 5.91 Å². The lowest BCUT2D eigenvalue weighted by molar-refractivity contribution is 0.0782. The van der Waals surface area contributed by atoms with Gasteiger partial charge in [-0.25, -0.2) is 4.98 Å². The molecule has 0 aliphatic heterocycles. The molecule has 0 aliphatic rings. The van der Waals surface area contributed by atoms with Gasteiger partial charge in [0, 0.05) is 31.7 Å². The number of carbonyl (C=O) groups excluding carboxylic acids is 1. The Morgan fingerprint density at radius 3 is 2.79 bits per heavy atom. The van der Waals surface area contributed by atoms with Gasteiger partial charge in [-0.3, -0.25) is 9.89 Å². The van der Waals surface area contributed by atoms with E-state index in [0.717, 1.165) is 24.2 Å². The van der Waals surface area contributed by atoms with Gasteiger partial charge >= 0.3 is 0 Å². The maximum absolute atomic E-state index is 11.9. The fourth-order valence-corrected chi connectivity index (χ4v) is 2.10. The van der Waals surface area contributed by atoms with Crippen LogP contribution in [0.2, 0.25) is 0 Å². The van der Waals surface area contributed by atoms with Crippen LogP contribution in [0, 0.1) is 13.8 Å². The normalized spacial score (nSPS) is 10.7. The summed E-state index contributed by atoms with van der Waals surface area (Å²) < 4.78 is 0. The first kappa shape index (κ1) is 13.3. The van der Waals surface area contributed by atoms with E-state index in [1.165, 1.54) is 5.56 Å². The number of H-pyrrole nitrogens is 2. The van der Waals surface area contributed by atoms with Gasteiger partial charge in [0.25, 0.3) is 5.91 Å². The summed E-state index contributed by atoms with van der Waals surface area (Å²) in [5.74, 6) is 0.309. The monoisotopic (exact) mass is 261 g/mol. The van der Waals surface area contributed by atoms with E-state index in [2.05, 4.69) is 20.2 Å². The highest BCUT2D eigenvalue weighted by Gasteiger charge is 2.14. The third-order valence-electron chi connectivity index (χ3n) is 3.25. The van der Waals surface area contributed by atoms with Crippen LogP contribution in [0.3, 0.4) is 0 Å². The van der Waals surface area contributed by atoms with E-state index in [0.29, 0.717) is 12.4 Å². The molecule has 0 radical (unpaired) electrons. The fraction of sp³-hybridized carbons (Fsp3) is 0.462. The first-order valence-corrected chi connectivity index (χ1v) is 6.35. The van der Waals surface area contributed by atoms with E-state index in [-0.39, 0.29) is 5.91 Å². The molecular weight excluding hydrogens is 242 g/mol. The summed E-state index contributed by atoms with van der Waals surface area (Å²) in [5.41, 5.74) is 3.40. The zero-order valence-electron chi connectivity index (χ0n) is 11.5.